The summed E-state index contributed by atoms with van der Waals surface area (Å²) in [4.78, 5) is 25.5. The molecule has 1 atom stereocenters. The molecule has 22 heavy (non-hydrogen) atoms. The first-order chi connectivity index (χ1) is 10.7. The summed E-state index contributed by atoms with van der Waals surface area (Å²) in [5, 5.41) is 9.30. The molecule has 0 unspecified atom stereocenters. The van der Waals surface area contributed by atoms with Crippen molar-refractivity contribution in [2.24, 2.45) is 0 Å². The number of rotatable bonds is 3. The summed E-state index contributed by atoms with van der Waals surface area (Å²) in [5.74, 6) is -1.16. The van der Waals surface area contributed by atoms with Crippen LogP contribution < -0.4 is 0 Å². The Morgan fingerprint density at radius 1 is 1.18 bits per heavy atom. The van der Waals surface area contributed by atoms with E-state index in [-0.39, 0.29) is 5.91 Å². The smallest absolute Gasteiger partial charge is 0.326 e. The Hall–Kier alpha value is -2.56. The van der Waals surface area contributed by atoms with Gasteiger partial charge in [-0.25, -0.2) is 4.79 Å². The summed E-state index contributed by atoms with van der Waals surface area (Å²) < 4.78 is 5.06. The van der Waals surface area contributed by atoms with Gasteiger partial charge >= 0.3 is 5.97 Å². The molecule has 0 spiro atoms. The fourth-order valence-electron chi connectivity index (χ4n) is 2.86. The number of furan rings is 1. The topological polar surface area (TPSA) is 70.8 Å². The molecule has 0 radical (unpaired) electrons. The van der Waals surface area contributed by atoms with E-state index in [1.165, 1.54) is 4.90 Å². The lowest BCUT2D eigenvalue weighted by molar-refractivity contribution is -0.143. The van der Waals surface area contributed by atoms with Crippen LogP contribution >= 0.6 is 0 Å². The number of carboxylic acid groups (broad SMARTS) is 1. The third-order valence-corrected chi connectivity index (χ3v) is 4.01. The van der Waals surface area contributed by atoms with E-state index in [9.17, 15) is 14.7 Å². The number of carbonyl (C=O) groups excluding carboxylic acids is 1. The van der Waals surface area contributed by atoms with Crippen LogP contribution in [-0.2, 0) is 4.79 Å². The molecule has 1 N–H and O–H groups in total. The first kappa shape index (κ1) is 14.4. The minimum Gasteiger partial charge on any atom is -0.480 e. The molecule has 2 heterocycles. The van der Waals surface area contributed by atoms with E-state index in [0.717, 1.165) is 24.0 Å². The number of carbonyl (C=O) groups is 2. The van der Waals surface area contributed by atoms with E-state index in [1.54, 1.807) is 30.7 Å². The second-order valence-corrected chi connectivity index (χ2v) is 5.44. The van der Waals surface area contributed by atoms with Crippen molar-refractivity contribution in [1.82, 2.24) is 4.90 Å². The van der Waals surface area contributed by atoms with Crippen molar-refractivity contribution >= 4 is 11.9 Å². The summed E-state index contributed by atoms with van der Waals surface area (Å²) in [7, 11) is 0. The fourth-order valence-corrected chi connectivity index (χ4v) is 2.86. The van der Waals surface area contributed by atoms with Crippen molar-refractivity contribution in [2.75, 3.05) is 6.54 Å². The normalized spacial score (nSPS) is 18.2. The minimum atomic E-state index is -0.931. The molecule has 1 aliphatic rings. The van der Waals surface area contributed by atoms with Gasteiger partial charge in [0.25, 0.3) is 5.91 Å². The second kappa shape index (κ2) is 6.05. The maximum absolute atomic E-state index is 12.7. The monoisotopic (exact) mass is 299 g/mol. The van der Waals surface area contributed by atoms with Crippen LogP contribution in [0.15, 0.2) is 47.3 Å². The van der Waals surface area contributed by atoms with E-state index in [4.69, 9.17) is 4.42 Å². The van der Waals surface area contributed by atoms with Gasteiger partial charge in [0.15, 0.2) is 0 Å². The Bertz CT molecular complexity index is 678. The number of likely N-dealkylation sites (tertiary alicyclic amines) is 1. The molecule has 0 bridgehead atoms. The molecule has 2 aromatic rings. The van der Waals surface area contributed by atoms with Gasteiger partial charge in [-0.15, -0.1) is 0 Å². The highest BCUT2D eigenvalue weighted by Gasteiger charge is 2.32. The van der Waals surface area contributed by atoms with Gasteiger partial charge in [0.2, 0.25) is 0 Å². The predicted octanol–water partition coefficient (Wildman–Crippen LogP) is 3.03. The third-order valence-electron chi connectivity index (χ3n) is 4.01. The molecule has 0 aliphatic carbocycles. The van der Waals surface area contributed by atoms with Crippen LogP contribution in [0, 0.1) is 0 Å². The summed E-state index contributed by atoms with van der Waals surface area (Å²) in [6.07, 6.45) is 5.40. The largest absolute Gasteiger partial charge is 0.480 e. The Balaban J connectivity index is 1.88. The van der Waals surface area contributed by atoms with E-state index >= 15 is 0 Å². The Kier molecular flexibility index (Phi) is 3.96. The van der Waals surface area contributed by atoms with E-state index < -0.39 is 12.0 Å². The minimum absolute atomic E-state index is 0.225. The molecule has 1 aromatic carbocycles. The molecule has 3 rings (SSSR count). The Morgan fingerprint density at radius 2 is 2.05 bits per heavy atom. The number of benzene rings is 1. The van der Waals surface area contributed by atoms with Crippen LogP contribution in [0.5, 0.6) is 0 Å². The van der Waals surface area contributed by atoms with Crippen LogP contribution in [0.1, 0.15) is 29.6 Å². The average molecular weight is 299 g/mol. The van der Waals surface area contributed by atoms with Crippen molar-refractivity contribution in [1.29, 1.82) is 0 Å². The van der Waals surface area contributed by atoms with Crippen LogP contribution in [-0.4, -0.2) is 34.5 Å². The highest BCUT2D eigenvalue weighted by molar-refractivity contribution is 5.97. The SMILES string of the molecule is O=C(O)[C@H]1CCCCN1C(=O)c1cccc(-c2ccoc2)c1. The van der Waals surface area contributed by atoms with Gasteiger partial charge in [-0.05, 0) is 43.0 Å². The molecule has 114 valence electrons. The molecule has 1 saturated heterocycles. The lowest BCUT2D eigenvalue weighted by Crippen LogP contribution is -2.47. The van der Waals surface area contributed by atoms with Crippen molar-refractivity contribution in [2.45, 2.75) is 25.3 Å². The maximum Gasteiger partial charge on any atom is 0.326 e. The lowest BCUT2D eigenvalue weighted by atomic mass is 9.99. The molecule has 5 nitrogen and oxygen atoms in total. The van der Waals surface area contributed by atoms with Gasteiger partial charge in [-0.3, -0.25) is 4.79 Å². The summed E-state index contributed by atoms with van der Waals surface area (Å²) in [6, 6.07) is 8.30. The van der Waals surface area contributed by atoms with Gasteiger partial charge in [0, 0.05) is 17.7 Å². The highest BCUT2D eigenvalue weighted by atomic mass is 16.4. The van der Waals surface area contributed by atoms with Gasteiger partial charge in [-0.2, -0.15) is 0 Å². The van der Waals surface area contributed by atoms with Crippen LogP contribution in [0.25, 0.3) is 11.1 Å². The zero-order valence-corrected chi connectivity index (χ0v) is 12.1. The first-order valence-corrected chi connectivity index (χ1v) is 7.33. The maximum atomic E-state index is 12.7. The molecule has 5 heteroatoms. The number of piperidine rings is 1. The number of carboxylic acids is 1. The van der Waals surface area contributed by atoms with Crippen molar-refractivity contribution in [3.63, 3.8) is 0 Å². The lowest BCUT2D eigenvalue weighted by Gasteiger charge is -2.33. The van der Waals surface area contributed by atoms with Crippen LogP contribution in [0.4, 0.5) is 0 Å². The number of amides is 1. The number of aliphatic carboxylic acids is 1. The van der Waals surface area contributed by atoms with E-state index in [1.807, 2.05) is 12.1 Å². The number of hydrogen-bond acceptors (Lipinski definition) is 3. The van der Waals surface area contributed by atoms with Gasteiger partial charge < -0.3 is 14.4 Å². The number of hydrogen-bond donors (Lipinski definition) is 1. The first-order valence-electron chi connectivity index (χ1n) is 7.33. The quantitative estimate of drug-likeness (QED) is 0.945. The fraction of sp³-hybridized carbons (Fsp3) is 0.294. The van der Waals surface area contributed by atoms with Gasteiger partial charge in [-0.1, -0.05) is 12.1 Å². The summed E-state index contributed by atoms with van der Waals surface area (Å²) in [5.41, 5.74) is 2.28. The van der Waals surface area contributed by atoms with E-state index in [2.05, 4.69) is 0 Å². The molecular weight excluding hydrogens is 282 g/mol. The van der Waals surface area contributed by atoms with Crippen molar-refractivity contribution < 1.29 is 19.1 Å². The molecular formula is C17H17NO4. The van der Waals surface area contributed by atoms with Gasteiger partial charge in [0.1, 0.15) is 6.04 Å². The predicted molar refractivity (Wildman–Crippen MR) is 80.5 cm³/mol. The van der Waals surface area contributed by atoms with Crippen molar-refractivity contribution in [3.8, 4) is 11.1 Å². The average Bonchev–Trinajstić information content (AvgIpc) is 3.09. The third kappa shape index (κ3) is 2.74. The summed E-state index contributed by atoms with van der Waals surface area (Å²) in [6.45, 7) is 0.492. The molecule has 1 amide bonds. The molecule has 0 saturated carbocycles. The highest BCUT2D eigenvalue weighted by Crippen LogP contribution is 2.24. The van der Waals surface area contributed by atoms with E-state index in [0.29, 0.717) is 18.5 Å². The zero-order chi connectivity index (χ0) is 15.5. The van der Waals surface area contributed by atoms with Crippen LogP contribution in [0.2, 0.25) is 0 Å². The Morgan fingerprint density at radius 3 is 2.77 bits per heavy atom. The number of nitrogens with zero attached hydrogens (tertiary/aromatic N) is 1. The molecule has 1 aromatic heterocycles. The Labute approximate surface area is 128 Å². The van der Waals surface area contributed by atoms with Gasteiger partial charge in [0.05, 0.1) is 12.5 Å². The van der Waals surface area contributed by atoms with Crippen LogP contribution in [0.3, 0.4) is 0 Å². The van der Waals surface area contributed by atoms with Crippen molar-refractivity contribution in [3.05, 3.63) is 48.4 Å². The standard InChI is InChI=1S/C17H17NO4/c19-16(18-8-2-1-6-15(18)17(20)21)13-5-3-4-12(10-13)14-7-9-22-11-14/h3-5,7,9-11,15H,1-2,6,8H2,(H,20,21)/t15-/m1/s1. The molecule has 1 fully saturated rings. The zero-order valence-electron chi connectivity index (χ0n) is 12.1. The summed E-state index contributed by atoms with van der Waals surface area (Å²) >= 11 is 0. The second-order valence-electron chi connectivity index (χ2n) is 5.44. The molecule has 1 aliphatic heterocycles.